The van der Waals surface area contributed by atoms with Gasteiger partial charge in [0, 0.05) is 70.5 Å². The highest BCUT2D eigenvalue weighted by Crippen LogP contribution is 2.49. The Bertz CT molecular complexity index is 894. The molecule has 0 aliphatic carbocycles. The molecule has 2 aromatic rings. The quantitative estimate of drug-likeness (QED) is 0.774. The van der Waals surface area contributed by atoms with Crippen LogP contribution in [0.4, 0.5) is 5.95 Å². The normalized spacial score (nSPS) is 25.9. The number of hydrogen-bond donors (Lipinski definition) is 0. The van der Waals surface area contributed by atoms with Crippen molar-refractivity contribution in [2.75, 3.05) is 38.1 Å². The molecule has 5 rings (SSSR count). The van der Waals surface area contributed by atoms with Gasteiger partial charge in [-0.25, -0.2) is 9.97 Å². The zero-order valence-electron chi connectivity index (χ0n) is 17.9. The summed E-state index contributed by atoms with van der Waals surface area (Å²) in [4.78, 5) is 33.3. The van der Waals surface area contributed by atoms with Gasteiger partial charge in [0.25, 0.3) is 0 Å². The lowest BCUT2D eigenvalue weighted by Crippen LogP contribution is -2.56. The van der Waals surface area contributed by atoms with Crippen LogP contribution in [-0.4, -0.2) is 69.4 Å². The Morgan fingerprint density at radius 3 is 2.53 bits per heavy atom. The van der Waals surface area contributed by atoms with E-state index in [1.54, 1.807) is 0 Å². The molecule has 1 spiro atoms. The van der Waals surface area contributed by atoms with Crippen molar-refractivity contribution in [1.82, 2.24) is 24.8 Å². The predicted octanol–water partition coefficient (Wildman–Crippen LogP) is 1.99. The van der Waals surface area contributed by atoms with Crippen molar-refractivity contribution < 1.29 is 4.79 Å². The van der Waals surface area contributed by atoms with Crippen LogP contribution in [0.2, 0.25) is 0 Å². The Kier molecular flexibility index (Phi) is 4.93. The van der Waals surface area contributed by atoms with Crippen LogP contribution in [0.15, 0.2) is 36.9 Å². The van der Waals surface area contributed by atoms with E-state index in [0.29, 0.717) is 11.8 Å². The molecule has 0 unspecified atom stereocenters. The average Bonchev–Trinajstić information content (AvgIpc) is 3.29. The van der Waals surface area contributed by atoms with E-state index in [0.717, 1.165) is 63.5 Å². The van der Waals surface area contributed by atoms with Gasteiger partial charge in [-0.05, 0) is 36.5 Å². The van der Waals surface area contributed by atoms with Crippen molar-refractivity contribution >= 4 is 11.9 Å². The first-order valence-corrected chi connectivity index (χ1v) is 11.1. The Hall–Kier alpha value is -2.54. The number of anilines is 1. The van der Waals surface area contributed by atoms with Crippen molar-refractivity contribution in [3.05, 3.63) is 48.0 Å². The summed E-state index contributed by atoms with van der Waals surface area (Å²) in [5, 5.41) is 0. The highest BCUT2D eigenvalue weighted by Gasteiger charge is 2.60. The molecule has 7 nitrogen and oxygen atoms in total. The van der Waals surface area contributed by atoms with E-state index in [1.807, 2.05) is 37.9 Å². The number of aromatic nitrogens is 3. The third-order valence-electron chi connectivity index (χ3n) is 7.54. The third kappa shape index (κ3) is 3.16. The Labute approximate surface area is 178 Å². The zero-order valence-corrected chi connectivity index (χ0v) is 17.9. The second-order valence-electron chi connectivity index (χ2n) is 9.00. The van der Waals surface area contributed by atoms with E-state index in [9.17, 15) is 4.79 Å². The highest BCUT2D eigenvalue weighted by molar-refractivity contribution is 5.83. The van der Waals surface area contributed by atoms with Gasteiger partial charge in [0.1, 0.15) is 0 Å². The standard InChI is InChI=1S/C23H30N6O/c1-3-17-12-25-22(26-13-17)29-9-6-23(7-10-29)20-16-28(14-18-5-4-8-24-11-18)15-19(20)21(30)27(23)2/h4-5,8,11-13,19-20H,3,6-7,9-10,14-16H2,1-2H3/t19-,20+/m1/s1. The number of carbonyl (C=O) groups is 1. The molecule has 158 valence electrons. The number of aryl methyl sites for hydroxylation is 1. The lowest BCUT2D eigenvalue weighted by molar-refractivity contribution is -0.133. The molecular weight excluding hydrogens is 376 g/mol. The molecule has 1 amide bonds. The summed E-state index contributed by atoms with van der Waals surface area (Å²) < 4.78 is 0. The van der Waals surface area contributed by atoms with Crippen molar-refractivity contribution in [2.24, 2.45) is 11.8 Å². The fourth-order valence-corrected chi connectivity index (χ4v) is 5.77. The topological polar surface area (TPSA) is 65.5 Å². The minimum Gasteiger partial charge on any atom is -0.341 e. The van der Waals surface area contributed by atoms with E-state index < -0.39 is 0 Å². The maximum Gasteiger partial charge on any atom is 0.227 e. The molecule has 3 saturated heterocycles. The van der Waals surface area contributed by atoms with Crippen LogP contribution < -0.4 is 4.90 Å². The van der Waals surface area contributed by atoms with Crippen LogP contribution in [0.3, 0.4) is 0 Å². The molecule has 30 heavy (non-hydrogen) atoms. The number of carbonyl (C=O) groups excluding carboxylic acids is 1. The summed E-state index contributed by atoms with van der Waals surface area (Å²) in [6, 6.07) is 4.10. The number of amides is 1. The molecule has 7 heteroatoms. The van der Waals surface area contributed by atoms with Gasteiger partial charge in [0.2, 0.25) is 11.9 Å². The smallest absolute Gasteiger partial charge is 0.227 e. The molecule has 2 atom stereocenters. The SMILES string of the molecule is CCc1cnc(N2CCC3(CC2)[C@H]2CN(Cc4cccnc4)C[C@H]2C(=O)N3C)nc1. The molecule has 0 bridgehead atoms. The van der Waals surface area contributed by atoms with Crippen LogP contribution in [-0.2, 0) is 17.8 Å². The van der Waals surface area contributed by atoms with Gasteiger partial charge in [-0.1, -0.05) is 13.0 Å². The second kappa shape index (κ2) is 7.61. The largest absolute Gasteiger partial charge is 0.341 e. The maximum absolute atomic E-state index is 13.1. The van der Waals surface area contributed by atoms with Gasteiger partial charge >= 0.3 is 0 Å². The van der Waals surface area contributed by atoms with Gasteiger partial charge in [0.05, 0.1) is 11.5 Å². The first-order chi connectivity index (χ1) is 14.6. The third-order valence-corrected chi connectivity index (χ3v) is 7.54. The summed E-state index contributed by atoms with van der Waals surface area (Å²) in [6.07, 6.45) is 10.5. The fraction of sp³-hybridized carbons (Fsp3) is 0.565. The second-order valence-corrected chi connectivity index (χ2v) is 9.00. The molecule has 3 aliphatic heterocycles. The number of pyridine rings is 1. The van der Waals surface area contributed by atoms with Gasteiger partial charge in [-0.2, -0.15) is 0 Å². The van der Waals surface area contributed by atoms with Crippen LogP contribution in [0.5, 0.6) is 0 Å². The number of piperidine rings is 1. The van der Waals surface area contributed by atoms with Gasteiger partial charge in [-0.15, -0.1) is 0 Å². The number of rotatable bonds is 4. The average molecular weight is 407 g/mol. The van der Waals surface area contributed by atoms with Crippen LogP contribution >= 0.6 is 0 Å². The number of hydrogen-bond acceptors (Lipinski definition) is 6. The van der Waals surface area contributed by atoms with Gasteiger partial charge < -0.3 is 9.80 Å². The Balaban J connectivity index is 1.30. The Morgan fingerprint density at radius 2 is 1.87 bits per heavy atom. The van der Waals surface area contributed by atoms with Crippen LogP contribution in [0.1, 0.15) is 30.9 Å². The van der Waals surface area contributed by atoms with E-state index in [-0.39, 0.29) is 11.5 Å². The molecule has 2 aromatic heterocycles. The monoisotopic (exact) mass is 406 g/mol. The summed E-state index contributed by atoms with van der Waals surface area (Å²) >= 11 is 0. The Morgan fingerprint density at radius 1 is 1.10 bits per heavy atom. The van der Waals surface area contributed by atoms with Crippen LogP contribution in [0.25, 0.3) is 0 Å². The lowest BCUT2D eigenvalue weighted by Gasteiger charge is -2.46. The van der Waals surface area contributed by atoms with Crippen molar-refractivity contribution in [1.29, 1.82) is 0 Å². The van der Waals surface area contributed by atoms with E-state index in [2.05, 4.69) is 42.6 Å². The number of likely N-dealkylation sites (tertiary alicyclic amines) is 2. The first kappa shape index (κ1) is 19.4. The molecule has 0 radical (unpaired) electrons. The molecule has 0 aromatic carbocycles. The summed E-state index contributed by atoms with van der Waals surface area (Å²) in [6.45, 7) is 6.63. The van der Waals surface area contributed by atoms with Crippen molar-refractivity contribution in [3.63, 3.8) is 0 Å². The number of nitrogens with zero attached hydrogens (tertiary/aromatic N) is 6. The molecule has 0 N–H and O–H groups in total. The summed E-state index contributed by atoms with van der Waals surface area (Å²) in [5.74, 6) is 1.66. The maximum atomic E-state index is 13.1. The lowest BCUT2D eigenvalue weighted by atomic mass is 9.75. The molecule has 5 heterocycles. The van der Waals surface area contributed by atoms with Crippen molar-refractivity contribution in [3.8, 4) is 0 Å². The summed E-state index contributed by atoms with van der Waals surface area (Å²) in [7, 11) is 2.02. The zero-order chi connectivity index (χ0) is 20.7. The molecule has 3 aliphatic rings. The minimum atomic E-state index is -0.0364. The predicted molar refractivity (Wildman–Crippen MR) is 115 cm³/mol. The van der Waals surface area contributed by atoms with Gasteiger partial charge in [0.15, 0.2) is 0 Å². The molecule has 0 saturated carbocycles. The minimum absolute atomic E-state index is 0.0364. The molecular formula is C23H30N6O. The van der Waals surface area contributed by atoms with E-state index in [4.69, 9.17) is 0 Å². The van der Waals surface area contributed by atoms with E-state index >= 15 is 0 Å². The summed E-state index contributed by atoms with van der Waals surface area (Å²) in [5.41, 5.74) is 2.34. The van der Waals surface area contributed by atoms with Crippen molar-refractivity contribution in [2.45, 2.75) is 38.3 Å². The van der Waals surface area contributed by atoms with Crippen LogP contribution in [0, 0.1) is 11.8 Å². The molecule has 3 fully saturated rings. The first-order valence-electron chi connectivity index (χ1n) is 11.1. The van der Waals surface area contributed by atoms with Gasteiger partial charge in [-0.3, -0.25) is 14.7 Å². The number of fused-ring (bicyclic) bond motifs is 2. The fourth-order valence-electron chi connectivity index (χ4n) is 5.77. The van der Waals surface area contributed by atoms with E-state index in [1.165, 1.54) is 5.56 Å². The highest BCUT2D eigenvalue weighted by atomic mass is 16.2.